The zero-order valence-corrected chi connectivity index (χ0v) is 12.7. The maximum atomic E-state index is 11.7. The molecule has 0 atom stereocenters. The van der Waals surface area contributed by atoms with Gasteiger partial charge in [0.15, 0.2) is 5.65 Å². The van der Waals surface area contributed by atoms with Crippen molar-refractivity contribution in [1.29, 1.82) is 0 Å². The van der Waals surface area contributed by atoms with Crippen LogP contribution in [0.5, 0.6) is 0 Å². The number of sulfonamides is 1. The fourth-order valence-electron chi connectivity index (χ4n) is 2.50. The fraction of sp³-hybridized carbons (Fsp3) is 0.417. The van der Waals surface area contributed by atoms with E-state index in [1.165, 1.54) is 16.8 Å². The van der Waals surface area contributed by atoms with E-state index >= 15 is 0 Å². The molecule has 3 rings (SSSR count). The van der Waals surface area contributed by atoms with E-state index < -0.39 is 15.7 Å². The first-order chi connectivity index (χ1) is 10.4. The number of hydrogen-bond donors (Lipinski definition) is 1. The summed E-state index contributed by atoms with van der Waals surface area (Å²) in [5.41, 5.74) is -0.685. The number of pyridine rings is 1. The van der Waals surface area contributed by atoms with Crippen molar-refractivity contribution in [3.8, 4) is 0 Å². The molecule has 22 heavy (non-hydrogen) atoms. The normalized spacial score (nSPS) is 17.0. The third-order valence-corrected chi connectivity index (χ3v) is 4.92. The van der Waals surface area contributed by atoms with Crippen LogP contribution in [0.2, 0.25) is 0 Å². The highest BCUT2D eigenvalue weighted by molar-refractivity contribution is 7.88. The Morgan fingerprint density at radius 2 is 1.91 bits per heavy atom. The van der Waals surface area contributed by atoms with Crippen molar-refractivity contribution in [3.05, 3.63) is 28.8 Å². The van der Waals surface area contributed by atoms with Crippen molar-refractivity contribution < 1.29 is 13.6 Å². The van der Waals surface area contributed by atoms with Gasteiger partial charge in [-0.25, -0.2) is 18.2 Å². The Bertz CT molecular complexity index is 871. The quantitative estimate of drug-likeness (QED) is 0.713. The lowest BCUT2D eigenvalue weighted by Crippen LogP contribution is -2.49. The Kier molecular flexibility index (Phi) is 3.49. The Morgan fingerprint density at radius 3 is 2.55 bits per heavy atom. The molecule has 0 aliphatic carbocycles. The molecule has 1 fully saturated rings. The van der Waals surface area contributed by atoms with E-state index in [1.807, 2.05) is 4.90 Å². The van der Waals surface area contributed by atoms with Crippen molar-refractivity contribution in [2.75, 3.05) is 37.3 Å². The van der Waals surface area contributed by atoms with Gasteiger partial charge in [-0.2, -0.15) is 9.29 Å². The van der Waals surface area contributed by atoms with Crippen molar-refractivity contribution in [2.24, 2.45) is 0 Å². The number of aromatic nitrogens is 3. The number of rotatable bonds is 2. The van der Waals surface area contributed by atoms with Crippen molar-refractivity contribution in [2.45, 2.75) is 0 Å². The summed E-state index contributed by atoms with van der Waals surface area (Å²) in [7, 11) is -3.22. The Morgan fingerprint density at radius 1 is 1.23 bits per heavy atom. The van der Waals surface area contributed by atoms with Gasteiger partial charge in [0.05, 0.1) is 11.6 Å². The van der Waals surface area contributed by atoms with Gasteiger partial charge in [-0.05, 0) is 12.1 Å². The van der Waals surface area contributed by atoms with Crippen LogP contribution in [0.15, 0.2) is 23.1 Å². The summed E-state index contributed by atoms with van der Waals surface area (Å²) < 4.78 is 24.9. The lowest BCUT2D eigenvalue weighted by atomic mass is 10.2. The average molecular weight is 325 g/mol. The number of piperazine rings is 1. The largest absolute Gasteiger partial charge is 0.422 e. The molecule has 9 nitrogen and oxygen atoms in total. The van der Waals surface area contributed by atoms with Crippen LogP contribution in [-0.2, 0) is 10.0 Å². The first-order valence-corrected chi connectivity index (χ1v) is 8.50. The lowest BCUT2D eigenvalue weighted by molar-refractivity contribution is 0.182. The predicted octanol–water partition coefficient (Wildman–Crippen LogP) is -0.890. The van der Waals surface area contributed by atoms with Gasteiger partial charge in [0, 0.05) is 32.4 Å². The molecular formula is C12H15N5O4S. The van der Waals surface area contributed by atoms with Gasteiger partial charge in [0.1, 0.15) is 5.82 Å². The molecule has 2 aromatic heterocycles. The van der Waals surface area contributed by atoms with E-state index in [-0.39, 0.29) is 5.65 Å². The topological polar surface area (TPSA) is 109 Å². The van der Waals surface area contributed by atoms with Crippen LogP contribution in [0, 0.1) is 0 Å². The summed E-state index contributed by atoms with van der Waals surface area (Å²) in [5, 5.41) is 10.2. The van der Waals surface area contributed by atoms with E-state index in [4.69, 9.17) is 0 Å². The zero-order valence-electron chi connectivity index (χ0n) is 11.9. The summed E-state index contributed by atoms with van der Waals surface area (Å²) >= 11 is 0. The van der Waals surface area contributed by atoms with Gasteiger partial charge in [-0.15, -0.1) is 4.73 Å². The molecule has 3 heterocycles. The minimum Gasteiger partial charge on any atom is -0.422 e. The Balaban J connectivity index is 1.99. The van der Waals surface area contributed by atoms with Crippen molar-refractivity contribution >= 4 is 26.9 Å². The molecule has 0 saturated carbocycles. The number of nitrogens with zero attached hydrogens (tertiary/aromatic N) is 5. The van der Waals surface area contributed by atoms with E-state index in [2.05, 4.69) is 9.97 Å². The maximum absolute atomic E-state index is 11.7. The summed E-state index contributed by atoms with van der Waals surface area (Å²) in [6.45, 7) is 1.48. The molecule has 0 amide bonds. The summed E-state index contributed by atoms with van der Waals surface area (Å²) in [6, 6.07) is 3.39. The summed E-state index contributed by atoms with van der Waals surface area (Å²) in [6.07, 6.45) is 2.65. The Hall–Kier alpha value is -2.20. The number of anilines is 1. The minimum atomic E-state index is -3.22. The van der Waals surface area contributed by atoms with Crippen LogP contribution in [0.1, 0.15) is 0 Å². The molecular weight excluding hydrogens is 310 g/mol. The van der Waals surface area contributed by atoms with Gasteiger partial charge in [0.2, 0.25) is 10.0 Å². The minimum absolute atomic E-state index is 0.128. The van der Waals surface area contributed by atoms with Crippen LogP contribution in [0.3, 0.4) is 0 Å². The molecule has 2 aromatic rings. The molecule has 1 N–H and O–H groups in total. The van der Waals surface area contributed by atoms with Gasteiger partial charge >= 0.3 is 5.69 Å². The third kappa shape index (κ3) is 2.50. The third-order valence-electron chi connectivity index (χ3n) is 3.62. The average Bonchev–Trinajstić information content (AvgIpc) is 2.50. The maximum Gasteiger partial charge on any atom is 0.384 e. The zero-order chi connectivity index (χ0) is 15.9. The SMILES string of the molecule is CS(=O)(=O)N1CCN(c2nc(=O)n(O)c3ncccc23)CC1. The lowest BCUT2D eigenvalue weighted by Gasteiger charge is -2.34. The van der Waals surface area contributed by atoms with E-state index in [0.29, 0.717) is 42.1 Å². The molecule has 1 saturated heterocycles. The Labute approximate surface area is 126 Å². The highest BCUT2D eigenvalue weighted by Gasteiger charge is 2.26. The van der Waals surface area contributed by atoms with E-state index in [1.54, 1.807) is 12.1 Å². The molecule has 0 radical (unpaired) electrons. The van der Waals surface area contributed by atoms with Gasteiger partial charge in [-0.1, -0.05) is 0 Å². The fourth-order valence-corrected chi connectivity index (χ4v) is 3.33. The first-order valence-electron chi connectivity index (χ1n) is 6.65. The molecule has 1 aliphatic heterocycles. The molecule has 0 spiro atoms. The summed E-state index contributed by atoms with van der Waals surface area (Å²) in [5.74, 6) is 0.409. The van der Waals surface area contributed by atoms with E-state index in [9.17, 15) is 18.4 Å². The molecule has 0 unspecified atom stereocenters. The van der Waals surface area contributed by atoms with Crippen LogP contribution in [0.25, 0.3) is 11.0 Å². The van der Waals surface area contributed by atoms with E-state index in [0.717, 1.165) is 0 Å². The highest BCUT2D eigenvalue weighted by Crippen LogP contribution is 2.22. The highest BCUT2D eigenvalue weighted by atomic mass is 32.2. The molecule has 1 aliphatic rings. The van der Waals surface area contributed by atoms with Crippen LogP contribution in [0.4, 0.5) is 5.82 Å². The summed E-state index contributed by atoms with van der Waals surface area (Å²) in [4.78, 5) is 21.5. The van der Waals surface area contributed by atoms with Gasteiger partial charge in [-0.3, -0.25) is 0 Å². The predicted molar refractivity (Wildman–Crippen MR) is 79.6 cm³/mol. The van der Waals surface area contributed by atoms with Crippen LogP contribution < -0.4 is 10.6 Å². The smallest absolute Gasteiger partial charge is 0.384 e. The van der Waals surface area contributed by atoms with Gasteiger partial charge in [0.25, 0.3) is 0 Å². The first kappa shape index (κ1) is 14.7. The monoisotopic (exact) mass is 325 g/mol. The molecule has 118 valence electrons. The van der Waals surface area contributed by atoms with Crippen LogP contribution in [-0.4, -0.2) is 65.1 Å². The molecule has 10 heteroatoms. The number of fused-ring (bicyclic) bond motifs is 1. The molecule has 0 bridgehead atoms. The van der Waals surface area contributed by atoms with Gasteiger partial charge < -0.3 is 10.1 Å². The van der Waals surface area contributed by atoms with Crippen LogP contribution >= 0.6 is 0 Å². The second-order valence-electron chi connectivity index (χ2n) is 5.05. The molecule has 0 aromatic carbocycles. The second-order valence-corrected chi connectivity index (χ2v) is 7.04. The standard InChI is InChI=1S/C12H15N5O4S/c1-22(20,21)16-7-5-15(6-8-16)11-9-3-2-4-13-10(9)17(19)12(18)14-11/h2-4,19H,5-8H2,1H3. The number of hydrogen-bond acceptors (Lipinski definition) is 7. The van der Waals surface area contributed by atoms with Crippen molar-refractivity contribution in [3.63, 3.8) is 0 Å². The second kappa shape index (κ2) is 5.21. The van der Waals surface area contributed by atoms with Crippen molar-refractivity contribution in [1.82, 2.24) is 19.0 Å².